The number of amides is 1. The molecule has 0 unspecified atom stereocenters. The lowest BCUT2D eigenvalue weighted by Crippen LogP contribution is -2.04. The average Bonchev–Trinajstić information content (AvgIpc) is 3.08. The van der Waals surface area contributed by atoms with Gasteiger partial charge in [0.05, 0.1) is 5.57 Å². The smallest absolute Gasteiger partial charge is 0.257 e. The van der Waals surface area contributed by atoms with Gasteiger partial charge in [-0.2, -0.15) is 0 Å². The van der Waals surface area contributed by atoms with Crippen LogP contribution in [0, 0.1) is 0 Å². The molecule has 6 heteroatoms. The Labute approximate surface area is 139 Å². The van der Waals surface area contributed by atoms with Crippen LogP contribution in [-0.4, -0.2) is 26.6 Å². The van der Waals surface area contributed by atoms with E-state index in [0.29, 0.717) is 16.5 Å². The number of H-pyrrole nitrogens is 1. The summed E-state index contributed by atoms with van der Waals surface area (Å²) in [5.74, 6) is 1.41. The molecule has 0 bridgehead atoms. The van der Waals surface area contributed by atoms with E-state index in [2.05, 4.69) is 33.3 Å². The van der Waals surface area contributed by atoms with Crippen molar-refractivity contribution in [1.29, 1.82) is 0 Å². The zero-order valence-electron chi connectivity index (χ0n) is 13.0. The fraction of sp³-hybridized carbons (Fsp3) is 0.353. The Hall–Kier alpha value is -2.08. The quantitative estimate of drug-likeness (QED) is 0.516. The van der Waals surface area contributed by atoms with Crippen LogP contribution in [0.1, 0.15) is 42.3 Å². The van der Waals surface area contributed by atoms with E-state index in [-0.39, 0.29) is 5.91 Å². The third-order valence-electron chi connectivity index (χ3n) is 4.24. The van der Waals surface area contributed by atoms with Gasteiger partial charge in [-0.3, -0.25) is 4.79 Å². The van der Waals surface area contributed by atoms with Crippen LogP contribution < -0.4 is 5.32 Å². The number of rotatable bonds is 3. The van der Waals surface area contributed by atoms with Gasteiger partial charge in [-0.1, -0.05) is 18.7 Å². The van der Waals surface area contributed by atoms with Crippen LogP contribution in [0.3, 0.4) is 0 Å². The van der Waals surface area contributed by atoms with Crippen molar-refractivity contribution in [3.63, 3.8) is 0 Å². The maximum Gasteiger partial charge on any atom is 0.257 e. The number of thioether (sulfide) groups is 1. The number of carbonyl (C=O) groups excluding carboxylic acids is 1. The Balaban J connectivity index is 1.70. The average molecular weight is 326 g/mol. The normalized spacial score (nSPS) is 18.0. The molecule has 118 valence electrons. The Kier molecular flexibility index (Phi) is 3.69. The van der Waals surface area contributed by atoms with Crippen LogP contribution in [0.2, 0.25) is 0 Å². The Bertz CT molecular complexity index is 785. The predicted octanol–water partition coefficient (Wildman–Crippen LogP) is 3.29. The van der Waals surface area contributed by atoms with Crippen LogP contribution in [0.5, 0.6) is 0 Å². The molecule has 0 spiro atoms. The number of nitrogens with zero attached hydrogens (tertiary/aromatic N) is 2. The van der Waals surface area contributed by atoms with Gasteiger partial charge in [-0.25, -0.2) is 9.97 Å². The second-order valence-electron chi connectivity index (χ2n) is 5.80. The molecule has 2 aromatic heterocycles. The summed E-state index contributed by atoms with van der Waals surface area (Å²) < 4.78 is 0. The summed E-state index contributed by atoms with van der Waals surface area (Å²) in [5.41, 5.74) is 5.09. The maximum atomic E-state index is 12.3. The number of anilines is 1. The first-order valence-electron chi connectivity index (χ1n) is 7.98. The number of aryl methyl sites for hydroxylation is 2. The summed E-state index contributed by atoms with van der Waals surface area (Å²) in [6.45, 7) is 2.05. The molecule has 1 amide bonds. The van der Waals surface area contributed by atoms with Crippen LogP contribution in [0.15, 0.2) is 17.4 Å². The van der Waals surface area contributed by atoms with Crippen molar-refractivity contribution in [2.45, 2.75) is 37.8 Å². The van der Waals surface area contributed by atoms with Gasteiger partial charge in [0.1, 0.15) is 5.82 Å². The highest BCUT2D eigenvalue weighted by atomic mass is 32.2. The van der Waals surface area contributed by atoms with Gasteiger partial charge in [0, 0.05) is 23.1 Å². The van der Waals surface area contributed by atoms with E-state index in [1.54, 1.807) is 18.0 Å². The van der Waals surface area contributed by atoms with Gasteiger partial charge in [-0.05, 0) is 49.1 Å². The fourth-order valence-corrected chi connectivity index (χ4v) is 3.70. The first kappa shape index (κ1) is 14.5. The van der Waals surface area contributed by atoms with Crippen LogP contribution in [0.25, 0.3) is 11.6 Å². The molecule has 0 radical (unpaired) electrons. The van der Waals surface area contributed by atoms with Crippen molar-refractivity contribution < 1.29 is 4.79 Å². The van der Waals surface area contributed by atoms with Gasteiger partial charge >= 0.3 is 0 Å². The second kappa shape index (κ2) is 5.85. The Morgan fingerprint density at radius 2 is 2.22 bits per heavy atom. The number of hydrogen-bond donors (Lipinski definition) is 2. The van der Waals surface area contributed by atoms with E-state index in [4.69, 9.17) is 0 Å². The van der Waals surface area contributed by atoms with Crippen LogP contribution >= 0.6 is 11.8 Å². The van der Waals surface area contributed by atoms with Gasteiger partial charge in [-0.15, -0.1) is 0 Å². The summed E-state index contributed by atoms with van der Waals surface area (Å²) in [6.07, 6.45) is 8.36. The van der Waals surface area contributed by atoms with Crippen LogP contribution in [0.4, 0.5) is 5.82 Å². The highest BCUT2D eigenvalue weighted by Crippen LogP contribution is 2.33. The lowest BCUT2D eigenvalue weighted by molar-refractivity contribution is -0.110. The third-order valence-corrected chi connectivity index (χ3v) is 4.99. The molecule has 2 aliphatic rings. The Morgan fingerprint density at radius 1 is 1.35 bits per heavy atom. The molecule has 0 saturated heterocycles. The largest absolute Gasteiger partial charge is 0.359 e. The van der Waals surface area contributed by atoms with E-state index < -0.39 is 0 Å². The third kappa shape index (κ3) is 2.67. The highest BCUT2D eigenvalue weighted by molar-refractivity contribution is 7.99. The molecule has 2 aromatic rings. The molecule has 1 aliphatic carbocycles. The summed E-state index contributed by atoms with van der Waals surface area (Å²) in [5, 5.41) is 3.54. The molecule has 3 heterocycles. The summed E-state index contributed by atoms with van der Waals surface area (Å²) in [4.78, 5) is 24.5. The number of aromatic amines is 1. The molecule has 23 heavy (non-hydrogen) atoms. The van der Waals surface area contributed by atoms with Crippen molar-refractivity contribution >= 4 is 35.1 Å². The summed E-state index contributed by atoms with van der Waals surface area (Å²) in [7, 11) is 0. The van der Waals surface area contributed by atoms with Gasteiger partial charge < -0.3 is 10.3 Å². The van der Waals surface area contributed by atoms with Crippen molar-refractivity contribution in [2.24, 2.45) is 0 Å². The number of carbonyl (C=O) groups is 1. The van der Waals surface area contributed by atoms with E-state index >= 15 is 0 Å². The molecule has 0 aromatic carbocycles. The zero-order chi connectivity index (χ0) is 15.8. The van der Waals surface area contributed by atoms with E-state index in [0.717, 1.165) is 29.9 Å². The fourth-order valence-electron chi connectivity index (χ4n) is 3.16. The minimum absolute atomic E-state index is 0.111. The molecule has 2 N–H and O–H groups in total. The van der Waals surface area contributed by atoms with E-state index in [1.165, 1.54) is 24.1 Å². The topological polar surface area (TPSA) is 70.7 Å². The molecule has 1 aliphatic heterocycles. The van der Waals surface area contributed by atoms with Gasteiger partial charge in [0.15, 0.2) is 5.16 Å². The number of hydrogen-bond acceptors (Lipinski definition) is 4. The molecular formula is C17H18N4OS. The highest BCUT2D eigenvalue weighted by Gasteiger charge is 2.26. The van der Waals surface area contributed by atoms with Crippen molar-refractivity contribution in [3.05, 3.63) is 34.8 Å². The lowest BCUT2D eigenvalue weighted by atomic mass is 9.98. The minimum atomic E-state index is -0.111. The number of nitrogens with one attached hydrogen (secondary N) is 2. The van der Waals surface area contributed by atoms with Crippen LogP contribution in [-0.2, 0) is 17.6 Å². The lowest BCUT2D eigenvalue weighted by Gasteiger charge is -2.08. The van der Waals surface area contributed by atoms with E-state index in [9.17, 15) is 4.79 Å². The molecular weight excluding hydrogens is 308 g/mol. The SMILES string of the molecule is CCSc1ncc2c(n1)NC(=O)C2=Cc1cc2c([nH]1)CCCC2. The number of aromatic nitrogens is 3. The molecule has 0 atom stereocenters. The molecule has 0 fully saturated rings. The predicted molar refractivity (Wildman–Crippen MR) is 92.4 cm³/mol. The maximum absolute atomic E-state index is 12.3. The number of fused-ring (bicyclic) bond motifs is 2. The van der Waals surface area contributed by atoms with Crippen molar-refractivity contribution in [3.8, 4) is 0 Å². The minimum Gasteiger partial charge on any atom is -0.359 e. The van der Waals surface area contributed by atoms with Gasteiger partial charge in [0.2, 0.25) is 0 Å². The van der Waals surface area contributed by atoms with Crippen molar-refractivity contribution in [1.82, 2.24) is 15.0 Å². The zero-order valence-corrected chi connectivity index (χ0v) is 13.8. The molecule has 4 rings (SSSR count). The Morgan fingerprint density at radius 3 is 3.04 bits per heavy atom. The second-order valence-corrected chi connectivity index (χ2v) is 7.03. The van der Waals surface area contributed by atoms with Crippen molar-refractivity contribution in [2.75, 3.05) is 11.1 Å². The molecule has 0 saturated carbocycles. The summed E-state index contributed by atoms with van der Waals surface area (Å²) in [6, 6.07) is 2.16. The monoisotopic (exact) mass is 326 g/mol. The standard InChI is InChI=1S/C17H18N4OS/c1-2-23-17-18-9-13-12(16(22)20-15(13)21-17)8-11-7-10-5-3-4-6-14(10)19-11/h7-9,19H,2-6H2,1H3,(H,18,20,21,22). The van der Waals surface area contributed by atoms with E-state index in [1.807, 2.05) is 6.08 Å². The molecule has 5 nitrogen and oxygen atoms in total. The first-order chi connectivity index (χ1) is 11.2. The first-order valence-corrected chi connectivity index (χ1v) is 8.97. The van der Waals surface area contributed by atoms with Gasteiger partial charge in [0.25, 0.3) is 5.91 Å². The summed E-state index contributed by atoms with van der Waals surface area (Å²) >= 11 is 1.57.